The molecule has 1 amide bonds. The average Bonchev–Trinajstić information content (AvgIpc) is 2.45. The van der Waals surface area contributed by atoms with Gasteiger partial charge in [-0.2, -0.15) is 0 Å². The highest BCUT2D eigenvalue weighted by Crippen LogP contribution is 2.17. The van der Waals surface area contributed by atoms with Crippen LogP contribution in [0.2, 0.25) is 0 Å². The molecule has 0 bridgehead atoms. The number of carbonyl (C=O) groups excluding carboxylic acids is 1. The quantitative estimate of drug-likeness (QED) is 0.829. The van der Waals surface area contributed by atoms with Crippen molar-refractivity contribution in [1.82, 2.24) is 10.6 Å². The van der Waals surface area contributed by atoms with Gasteiger partial charge in [-0.1, -0.05) is 24.3 Å². The van der Waals surface area contributed by atoms with Gasteiger partial charge < -0.3 is 10.6 Å². The van der Waals surface area contributed by atoms with Gasteiger partial charge in [-0.15, -0.1) is 0 Å². The van der Waals surface area contributed by atoms with E-state index in [1.165, 1.54) is 11.1 Å². The summed E-state index contributed by atoms with van der Waals surface area (Å²) in [5.41, 5.74) is 2.41. The molecule has 0 saturated carbocycles. The highest BCUT2D eigenvalue weighted by Gasteiger charge is 2.29. The zero-order valence-corrected chi connectivity index (χ0v) is 12.7. The van der Waals surface area contributed by atoms with Gasteiger partial charge >= 0.3 is 0 Å². The molecule has 0 radical (unpaired) electrons. The van der Waals surface area contributed by atoms with Gasteiger partial charge in [0.05, 0.1) is 17.5 Å². The van der Waals surface area contributed by atoms with E-state index in [2.05, 4.69) is 16.7 Å². The van der Waals surface area contributed by atoms with Crippen LogP contribution < -0.4 is 10.6 Å². The number of carbonyl (C=O) groups is 1. The lowest BCUT2D eigenvalue weighted by Gasteiger charge is -2.29. The monoisotopic (exact) mass is 308 g/mol. The molecule has 1 fully saturated rings. The summed E-state index contributed by atoms with van der Waals surface area (Å²) >= 11 is 0. The van der Waals surface area contributed by atoms with Crippen molar-refractivity contribution in [2.24, 2.45) is 0 Å². The molecule has 21 heavy (non-hydrogen) atoms. The molecule has 3 rings (SSSR count). The van der Waals surface area contributed by atoms with Gasteiger partial charge in [0.1, 0.15) is 0 Å². The second-order valence-corrected chi connectivity index (χ2v) is 8.10. The molecule has 2 atom stereocenters. The van der Waals surface area contributed by atoms with Crippen molar-refractivity contribution in [2.75, 3.05) is 11.5 Å². The van der Waals surface area contributed by atoms with E-state index in [1.54, 1.807) is 0 Å². The van der Waals surface area contributed by atoms with Crippen molar-refractivity contribution >= 4 is 15.7 Å². The van der Waals surface area contributed by atoms with Gasteiger partial charge in [-0.05, 0) is 30.4 Å². The SMILES string of the molecule is O=C(NC1CCCS(=O)(=O)C1)[C@H]1Cc2ccccc2CN1. The Hall–Kier alpha value is -1.40. The van der Waals surface area contributed by atoms with E-state index in [1.807, 2.05) is 18.2 Å². The number of benzene rings is 1. The van der Waals surface area contributed by atoms with E-state index >= 15 is 0 Å². The van der Waals surface area contributed by atoms with Gasteiger partial charge in [0, 0.05) is 12.6 Å². The van der Waals surface area contributed by atoms with Crippen LogP contribution in [-0.2, 0) is 27.6 Å². The molecule has 5 nitrogen and oxygen atoms in total. The van der Waals surface area contributed by atoms with E-state index in [-0.39, 0.29) is 29.5 Å². The highest BCUT2D eigenvalue weighted by atomic mass is 32.2. The fraction of sp³-hybridized carbons (Fsp3) is 0.533. The smallest absolute Gasteiger partial charge is 0.237 e. The molecule has 1 unspecified atom stereocenters. The number of hydrogen-bond donors (Lipinski definition) is 2. The normalized spacial score (nSPS) is 27.6. The van der Waals surface area contributed by atoms with E-state index in [9.17, 15) is 13.2 Å². The summed E-state index contributed by atoms with van der Waals surface area (Å²) in [6, 6.07) is 7.56. The first-order valence-electron chi connectivity index (χ1n) is 7.34. The van der Waals surface area contributed by atoms with Crippen LogP contribution in [-0.4, -0.2) is 37.9 Å². The van der Waals surface area contributed by atoms with Crippen LogP contribution >= 0.6 is 0 Å². The molecule has 2 heterocycles. The van der Waals surface area contributed by atoms with E-state index in [0.29, 0.717) is 19.4 Å². The first-order valence-corrected chi connectivity index (χ1v) is 9.16. The number of rotatable bonds is 2. The summed E-state index contributed by atoms with van der Waals surface area (Å²) in [6.45, 7) is 0.678. The molecule has 0 spiro atoms. The number of nitrogens with one attached hydrogen (secondary N) is 2. The Kier molecular flexibility index (Phi) is 3.99. The third-order valence-corrected chi connectivity index (χ3v) is 6.03. The number of sulfone groups is 1. The van der Waals surface area contributed by atoms with Crippen molar-refractivity contribution in [2.45, 2.75) is 37.9 Å². The fourth-order valence-electron chi connectivity index (χ4n) is 3.08. The second kappa shape index (κ2) is 5.77. The van der Waals surface area contributed by atoms with Crippen LogP contribution in [0.4, 0.5) is 0 Å². The minimum atomic E-state index is -2.99. The number of hydrogen-bond acceptors (Lipinski definition) is 4. The van der Waals surface area contributed by atoms with Gasteiger partial charge in [-0.3, -0.25) is 4.79 Å². The maximum atomic E-state index is 12.3. The van der Waals surface area contributed by atoms with Gasteiger partial charge in [0.15, 0.2) is 9.84 Å². The predicted molar refractivity (Wildman–Crippen MR) is 80.6 cm³/mol. The van der Waals surface area contributed by atoms with Gasteiger partial charge in [-0.25, -0.2) is 8.42 Å². The van der Waals surface area contributed by atoms with Crippen LogP contribution in [0.25, 0.3) is 0 Å². The summed E-state index contributed by atoms with van der Waals surface area (Å²) in [5, 5.41) is 6.12. The third kappa shape index (κ3) is 3.44. The molecule has 0 aromatic heterocycles. The van der Waals surface area contributed by atoms with Crippen LogP contribution in [0.5, 0.6) is 0 Å². The molecule has 1 aromatic carbocycles. The Labute approximate surface area is 125 Å². The highest BCUT2D eigenvalue weighted by molar-refractivity contribution is 7.91. The van der Waals surface area contributed by atoms with Crippen molar-refractivity contribution in [3.05, 3.63) is 35.4 Å². The van der Waals surface area contributed by atoms with Crippen LogP contribution in [0, 0.1) is 0 Å². The van der Waals surface area contributed by atoms with Crippen LogP contribution in [0.15, 0.2) is 24.3 Å². The lowest BCUT2D eigenvalue weighted by atomic mass is 9.95. The van der Waals surface area contributed by atoms with Crippen molar-refractivity contribution < 1.29 is 13.2 Å². The van der Waals surface area contributed by atoms with Gasteiger partial charge in [0.25, 0.3) is 0 Å². The Bertz CT molecular complexity index is 642. The standard InChI is InChI=1S/C15H20N2O3S/c18-15(17-13-6-3-7-21(19,20)10-13)14-8-11-4-1-2-5-12(11)9-16-14/h1-2,4-5,13-14,16H,3,6-10H2,(H,17,18)/t13?,14-/m1/s1. The lowest BCUT2D eigenvalue weighted by molar-refractivity contribution is -0.123. The summed E-state index contributed by atoms with van der Waals surface area (Å²) in [5.74, 6) is 0.225. The minimum absolute atomic E-state index is 0.0715. The molecule has 2 aliphatic heterocycles. The summed E-state index contributed by atoms with van der Waals surface area (Å²) in [4.78, 5) is 12.3. The van der Waals surface area contributed by atoms with Crippen molar-refractivity contribution in [1.29, 1.82) is 0 Å². The summed E-state index contributed by atoms with van der Waals surface area (Å²) in [7, 11) is -2.99. The summed E-state index contributed by atoms with van der Waals surface area (Å²) in [6.07, 6.45) is 2.03. The number of amides is 1. The molecular formula is C15H20N2O3S. The Balaban J connectivity index is 1.62. The first-order chi connectivity index (χ1) is 10.0. The third-order valence-electron chi connectivity index (χ3n) is 4.21. The lowest BCUT2D eigenvalue weighted by Crippen LogP contribution is -2.52. The largest absolute Gasteiger partial charge is 0.351 e. The van der Waals surface area contributed by atoms with E-state index in [0.717, 1.165) is 6.42 Å². The maximum Gasteiger partial charge on any atom is 0.237 e. The van der Waals surface area contributed by atoms with Crippen molar-refractivity contribution in [3.8, 4) is 0 Å². The van der Waals surface area contributed by atoms with Gasteiger partial charge in [0.2, 0.25) is 5.91 Å². The van der Waals surface area contributed by atoms with Crippen LogP contribution in [0.3, 0.4) is 0 Å². The molecule has 1 aromatic rings. The zero-order valence-electron chi connectivity index (χ0n) is 11.8. The maximum absolute atomic E-state index is 12.3. The molecule has 114 valence electrons. The topological polar surface area (TPSA) is 75.3 Å². The molecular weight excluding hydrogens is 288 g/mol. The number of fused-ring (bicyclic) bond motifs is 1. The van der Waals surface area contributed by atoms with E-state index < -0.39 is 9.84 Å². The molecule has 0 aliphatic carbocycles. The summed E-state index contributed by atoms with van der Waals surface area (Å²) < 4.78 is 23.2. The van der Waals surface area contributed by atoms with Crippen LogP contribution in [0.1, 0.15) is 24.0 Å². The minimum Gasteiger partial charge on any atom is -0.351 e. The second-order valence-electron chi connectivity index (χ2n) is 5.87. The molecule has 6 heteroatoms. The average molecular weight is 308 g/mol. The molecule has 1 saturated heterocycles. The molecule has 2 aliphatic rings. The molecule has 2 N–H and O–H groups in total. The predicted octanol–water partition coefficient (Wildman–Crippen LogP) is 0.394. The Morgan fingerprint density at radius 2 is 2.00 bits per heavy atom. The zero-order chi connectivity index (χ0) is 14.9. The fourth-order valence-corrected chi connectivity index (χ4v) is 4.71. The first kappa shape index (κ1) is 14.5. The Morgan fingerprint density at radius 3 is 2.76 bits per heavy atom. The Morgan fingerprint density at radius 1 is 1.24 bits per heavy atom. The van der Waals surface area contributed by atoms with Crippen molar-refractivity contribution in [3.63, 3.8) is 0 Å². The van der Waals surface area contributed by atoms with E-state index in [4.69, 9.17) is 0 Å².